The summed E-state index contributed by atoms with van der Waals surface area (Å²) in [6.45, 7) is 4.79. The van der Waals surface area contributed by atoms with Crippen molar-refractivity contribution in [1.82, 2.24) is 0 Å². The van der Waals surface area contributed by atoms with Gasteiger partial charge in [-0.1, -0.05) is 31.9 Å². The Kier molecular flexibility index (Phi) is 2.99. The molecule has 0 bridgehead atoms. The fourth-order valence-electron chi connectivity index (χ4n) is 3.31. The van der Waals surface area contributed by atoms with Gasteiger partial charge in [-0.05, 0) is 56.3 Å². The monoisotopic (exact) mass is 192 g/mol. The van der Waals surface area contributed by atoms with E-state index in [4.69, 9.17) is 0 Å². The van der Waals surface area contributed by atoms with E-state index >= 15 is 0 Å². The Labute approximate surface area is 88.8 Å². The van der Waals surface area contributed by atoms with Crippen LogP contribution in [0.5, 0.6) is 0 Å². The molecule has 2 rings (SSSR count). The van der Waals surface area contributed by atoms with Crippen molar-refractivity contribution >= 4 is 0 Å². The molecule has 0 amide bonds. The topological polar surface area (TPSA) is 0 Å². The highest BCUT2D eigenvalue weighted by molar-refractivity contribution is 5.08. The molecule has 0 aromatic rings. The first-order valence-electron chi connectivity index (χ1n) is 6.42. The number of hydrogen-bond donors (Lipinski definition) is 0. The minimum Gasteiger partial charge on any atom is -0.0856 e. The van der Waals surface area contributed by atoms with Crippen molar-refractivity contribution in [3.8, 4) is 0 Å². The van der Waals surface area contributed by atoms with Gasteiger partial charge in [0.1, 0.15) is 0 Å². The van der Waals surface area contributed by atoms with Gasteiger partial charge in [-0.3, -0.25) is 0 Å². The Morgan fingerprint density at radius 3 is 2.71 bits per heavy atom. The third-order valence-electron chi connectivity index (χ3n) is 4.53. The normalized spacial score (nSPS) is 34.1. The quantitative estimate of drug-likeness (QED) is 0.556. The molecule has 1 atom stereocenters. The van der Waals surface area contributed by atoms with E-state index in [0.29, 0.717) is 0 Å². The highest BCUT2D eigenvalue weighted by Gasteiger charge is 2.40. The summed E-state index contributed by atoms with van der Waals surface area (Å²) in [6.07, 6.45) is 14.0. The van der Waals surface area contributed by atoms with Gasteiger partial charge >= 0.3 is 0 Å². The van der Waals surface area contributed by atoms with E-state index in [1.165, 1.54) is 51.4 Å². The lowest BCUT2D eigenvalue weighted by Gasteiger charge is -2.47. The molecular formula is C14H24. The molecule has 0 N–H and O–H groups in total. The van der Waals surface area contributed by atoms with Crippen molar-refractivity contribution in [2.45, 2.75) is 65.2 Å². The lowest BCUT2D eigenvalue weighted by molar-refractivity contribution is 0.0570. The SMILES string of the molecule is CC/C=C1\CCCC(C2(C)CCC2)C1. The largest absolute Gasteiger partial charge is 0.0856 e. The summed E-state index contributed by atoms with van der Waals surface area (Å²) >= 11 is 0. The van der Waals surface area contributed by atoms with Crippen molar-refractivity contribution in [3.63, 3.8) is 0 Å². The molecule has 0 aliphatic heterocycles. The van der Waals surface area contributed by atoms with Gasteiger partial charge < -0.3 is 0 Å². The fraction of sp³-hybridized carbons (Fsp3) is 0.857. The van der Waals surface area contributed by atoms with Gasteiger partial charge in [-0.2, -0.15) is 0 Å². The van der Waals surface area contributed by atoms with Gasteiger partial charge in [0.05, 0.1) is 0 Å². The molecular weight excluding hydrogens is 168 g/mol. The van der Waals surface area contributed by atoms with Crippen LogP contribution in [-0.2, 0) is 0 Å². The smallest absolute Gasteiger partial charge is 0.0287 e. The van der Waals surface area contributed by atoms with Crippen molar-refractivity contribution in [1.29, 1.82) is 0 Å². The first-order chi connectivity index (χ1) is 6.74. The average molecular weight is 192 g/mol. The van der Waals surface area contributed by atoms with Crippen LogP contribution in [0.25, 0.3) is 0 Å². The minimum absolute atomic E-state index is 0.729. The number of hydrogen-bond acceptors (Lipinski definition) is 0. The molecule has 0 radical (unpaired) electrons. The van der Waals surface area contributed by atoms with Crippen molar-refractivity contribution in [2.24, 2.45) is 11.3 Å². The zero-order chi connectivity index (χ0) is 10.0. The van der Waals surface area contributed by atoms with E-state index in [-0.39, 0.29) is 0 Å². The molecule has 0 aromatic heterocycles. The Hall–Kier alpha value is -0.260. The molecule has 0 aromatic carbocycles. The number of rotatable bonds is 2. The molecule has 0 heteroatoms. The summed E-state index contributed by atoms with van der Waals surface area (Å²) in [7, 11) is 0. The standard InChI is InChI=1S/C14H24/c1-3-6-12-7-4-8-13(11-12)14(2)9-5-10-14/h6,13H,3-5,7-11H2,1-2H3/b12-6+. The van der Waals surface area contributed by atoms with E-state index in [1.807, 2.05) is 0 Å². The van der Waals surface area contributed by atoms with Gasteiger partial charge in [0.2, 0.25) is 0 Å². The Bertz CT molecular complexity index is 220. The summed E-state index contributed by atoms with van der Waals surface area (Å²) in [5.41, 5.74) is 2.49. The third-order valence-corrected chi connectivity index (χ3v) is 4.53. The maximum Gasteiger partial charge on any atom is -0.0287 e. The van der Waals surface area contributed by atoms with Crippen LogP contribution in [0.2, 0.25) is 0 Å². The van der Waals surface area contributed by atoms with Crippen LogP contribution in [0.4, 0.5) is 0 Å². The van der Waals surface area contributed by atoms with Crippen LogP contribution in [-0.4, -0.2) is 0 Å². The van der Waals surface area contributed by atoms with Crippen LogP contribution in [0.1, 0.15) is 65.2 Å². The Morgan fingerprint density at radius 2 is 2.14 bits per heavy atom. The van der Waals surface area contributed by atoms with Crippen LogP contribution in [0.15, 0.2) is 11.6 Å². The van der Waals surface area contributed by atoms with E-state index in [2.05, 4.69) is 19.9 Å². The van der Waals surface area contributed by atoms with E-state index < -0.39 is 0 Å². The molecule has 2 aliphatic rings. The van der Waals surface area contributed by atoms with Crippen molar-refractivity contribution in [3.05, 3.63) is 11.6 Å². The van der Waals surface area contributed by atoms with Crippen molar-refractivity contribution < 1.29 is 0 Å². The number of allylic oxidation sites excluding steroid dienone is 2. The minimum atomic E-state index is 0.729. The second-order valence-corrected chi connectivity index (χ2v) is 5.57. The highest BCUT2D eigenvalue weighted by atomic mass is 14.4. The summed E-state index contributed by atoms with van der Waals surface area (Å²) in [4.78, 5) is 0. The van der Waals surface area contributed by atoms with Crippen LogP contribution in [0, 0.1) is 11.3 Å². The van der Waals surface area contributed by atoms with Gasteiger partial charge in [0.25, 0.3) is 0 Å². The molecule has 2 aliphatic carbocycles. The molecule has 0 saturated heterocycles. The first-order valence-corrected chi connectivity index (χ1v) is 6.42. The van der Waals surface area contributed by atoms with Gasteiger partial charge in [-0.15, -0.1) is 0 Å². The van der Waals surface area contributed by atoms with E-state index in [1.54, 1.807) is 5.57 Å². The Morgan fingerprint density at radius 1 is 1.36 bits per heavy atom. The maximum absolute atomic E-state index is 2.52. The van der Waals surface area contributed by atoms with E-state index in [0.717, 1.165) is 11.3 Å². The van der Waals surface area contributed by atoms with Gasteiger partial charge in [0, 0.05) is 0 Å². The Balaban J connectivity index is 1.97. The van der Waals surface area contributed by atoms with Gasteiger partial charge in [-0.25, -0.2) is 0 Å². The molecule has 14 heavy (non-hydrogen) atoms. The summed E-state index contributed by atoms with van der Waals surface area (Å²) in [5.74, 6) is 1.02. The van der Waals surface area contributed by atoms with Gasteiger partial charge in [0.15, 0.2) is 0 Å². The summed E-state index contributed by atoms with van der Waals surface area (Å²) < 4.78 is 0. The molecule has 80 valence electrons. The van der Waals surface area contributed by atoms with Crippen LogP contribution in [0.3, 0.4) is 0 Å². The molecule has 1 unspecified atom stereocenters. The lowest BCUT2D eigenvalue weighted by atomic mass is 9.58. The third kappa shape index (κ3) is 1.89. The van der Waals surface area contributed by atoms with Crippen LogP contribution >= 0.6 is 0 Å². The van der Waals surface area contributed by atoms with E-state index in [9.17, 15) is 0 Å². The zero-order valence-corrected chi connectivity index (χ0v) is 9.81. The molecule has 0 spiro atoms. The molecule has 2 saturated carbocycles. The molecule has 2 fully saturated rings. The predicted octanol–water partition coefficient (Wildman–Crippen LogP) is 4.70. The first kappa shape index (κ1) is 10.3. The maximum atomic E-state index is 2.52. The summed E-state index contributed by atoms with van der Waals surface area (Å²) in [6, 6.07) is 0. The fourth-order valence-corrected chi connectivity index (χ4v) is 3.31. The second kappa shape index (κ2) is 4.08. The predicted molar refractivity (Wildman–Crippen MR) is 62.3 cm³/mol. The average Bonchev–Trinajstić information content (AvgIpc) is 2.15. The second-order valence-electron chi connectivity index (χ2n) is 5.57. The molecule has 0 heterocycles. The zero-order valence-electron chi connectivity index (χ0n) is 9.81. The van der Waals surface area contributed by atoms with Crippen LogP contribution < -0.4 is 0 Å². The lowest BCUT2D eigenvalue weighted by Crippen LogP contribution is -2.35. The molecule has 0 nitrogen and oxygen atoms in total. The van der Waals surface area contributed by atoms with Crippen molar-refractivity contribution in [2.75, 3.05) is 0 Å². The highest BCUT2D eigenvalue weighted by Crippen LogP contribution is 2.52. The summed E-state index contributed by atoms with van der Waals surface area (Å²) in [5, 5.41) is 0.